The van der Waals surface area contributed by atoms with Crippen LogP contribution in [0.2, 0.25) is 0 Å². The van der Waals surface area contributed by atoms with Gasteiger partial charge in [0.2, 0.25) is 11.8 Å². The van der Waals surface area contributed by atoms with Crippen molar-refractivity contribution in [1.82, 2.24) is 20.5 Å². The van der Waals surface area contributed by atoms with Crippen LogP contribution in [0.25, 0.3) is 0 Å². The van der Waals surface area contributed by atoms with E-state index in [0.717, 1.165) is 31.2 Å². The normalized spacial score (nSPS) is 16.4. The first-order chi connectivity index (χ1) is 23.7. The van der Waals surface area contributed by atoms with Gasteiger partial charge >= 0.3 is 11.9 Å². The molecule has 1 aliphatic rings. The van der Waals surface area contributed by atoms with Crippen LogP contribution < -0.4 is 16.4 Å². The summed E-state index contributed by atoms with van der Waals surface area (Å²) in [6.07, 6.45) is 4.20. The Morgan fingerprint density at radius 3 is 2.28 bits per heavy atom. The molecule has 12 nitrogen and oxygen atoms in total. The number of thiazole rings is 1. The number of amides is 3. The Bertz CT molecular complexity index is 1430. The summed E-state index contributed by atoms with van der Waals surface area (Å²) in [5, 5.41) is 17.5. The number of hydrogen-bond acceptors (Lipinski definition) is 9. The molecule has 0 unspecified atom stereocenters. The largest absolute Gasteiger partial charge is 0.481 e. The number of unbranched alkanes of at least 4 members (excludes halogenated alkanes) is 1. The van der Waals surface area contributed by atoms with E-state index in [-0.39, 0.29) is 54.1 Å². The molecule has 1 heterocycles. The second kappa shape index (κ2) is 19.5. The highest BCUT2D eigenvalue weighted by molar-refractivity contribution is 7.09. The van der Waals surface area contributed by atoms with E-state index in [1.54, 1.807) is 24.3 Å². The molecule has 0 saturated heterocycles. The summed E-state index contributed by atoms with van der Waals surface area (Å²) in [7, 11) is 1.72. The van der Waals surface area contributed by atoms with Crippen LogP contribution in [0.5, 0.6) is 0 Å². The van der Waals surface area contributed by atoms with Crippen LogP contribution in [0.4, 0.5) is 0 Å². The molecule has 0 radical (unpaired) electrons. The molecule has 1 aromatic heterocycles. The minimum atomic E-state index is -0.945. The number of nitrogens with two attached hydrogens (primary N) is 1. The number of aliphatic carboxylic acids is 1. The first-order valence-corrected chi connectivity index (χ1v) is 18.6. The van der Waals surface area contributed by atoms with Crippen molar-refractivity contribution in [3.63, 3.8) is 0 Å². The van der Waals surface area contributed by atoms with Crippen molar-refractivity contribution in [3.05, 3.63) is 52.0 Å². The fraction of sp³-hybridized carbons (Fsp3) is 0.622. The lowest BCUT2D eigenvalue weighted by Crippen LogP contribution is -2.53. The van der Waals surface area contributed by atoms with Gasteiger partial charge in [-0.25, -0.2) is 4.98 Å². The molecule has 1 fully saturated rings. The standard InChI is InChI=1S/C37H55N5O7S/c1-22(2)30(42(6)36(46)32(27-15-16-27)41-33(44)23(3)12-10-11-17-38)20-31(49-25(5)43)35-40-29(21-50-35)34(45)39-28(18-24(4)37(47)48)19-26-13-8-7-9-14-26/h7-9,13-14,21-24,27-28,30-32H,10-12,15-20,38H2,1-6H3,(H,39,45)(H,41,44)(H,47,48)/t23-,24+,28-,30-,31-,32+/m1/s1. The van der Waals surface area contributed by atoms with Crippen LogP contribution >= 0.6 is 11.3 Å². The first-order valence-electron chi connectivity index (χ1n) is 17.7. The number of hydrogen-bond donors (Lipinski definition) is 4. The minimum Gasteiger partial charge on any atom is -0.481 e. The lowest BCUT2D eigenvalue weighted by atomic mass is 9.95. The first kappa shape index (κ1) is 40.6. The molecule has 6 atom stereocenters. The third kappa shape index (κ3) is 12.5. The Balaban J connectivity index is 1.76. The number of aromatic nitrogens is 1. The van der Waals surface area contributed by atoms with Crippen molar-refractivity contribution in [1.29, 1.82) is 0 Å². The average molecular weight is 714 g/mol. The van der Waals surface area contributed by atoms with Gasteiger partial charge in [0.15, 0.2) is 6.10 Å². The number of carboxylic acids is 1. The smallest absolute Gasteiger partial charge is 0.306 e. The SMILES string of the molecule is CC(=O)O[C@H](C[C@H](C(C)C)N(C)C(=O)[C@@H](NC(=O)[C@H](C)CCCCN)C1CC1)c1nc(C(=O)N[C@@H](Cc2ccccc2)C[C@H](C)C(=O)O)cs1. The number of nitrogens with zero attached hydrogens (tertiary/aromatic N) is 2. The van der Waals surface area contributed by atoms with E-state index in [2.05, 4.69) is 15.6 Å². The van der Waals surface area contributed by atoms with Crippen LogP contribution in [0, 0.1) is 23.7 Å². The van der Waals surface area contributed by atoms with E-state index in [4.69, 9.17) is 10.5 Å². The van der Waals surface area contributed by atoms with E-state index in [1.807, 2.05) is 51.1 Å². The van der Waals surface area contributed by atoms with Gasteiger partial charge < -0.3 is 31.1 Å². The number of ether oxygens (including phenoxy) is 1. The van der Waals surface area contributed by atoms with Crippen molar-refractivity contribution >= 4 is 41.0 Å². The van der Waals surface area contributed by atoms with Gasteiger partial charge in [0.05, 0.1) is 5.92 Å². The van der Waals surface area contributed by atoms with Crippen LogP contribution in [-0.4, -0.2) is 76.4 Å². The van der Waals surface area contributed by atoms with E-state index >= 15 is 0 Å². The number of likely N-dealkylation sites (N-methyl/N-ethyl adjacent to an activating group) is 1. The zero-order valence-corrected chi connectivity index (χ0v) is 31.0. The summed E-state index contributed by atoms with van der Waals surface area (Å²) >= 11 is 1.18. The number of esters is 1. The number of benzene rings is 1. The lowest BCUT2D eigenvalue weighted by molar-refractivity contribution is -0.149. The third-order valence-corrected chi connectivity index (χ3v) is 10.3. The Morgan fingerprint density at radius 1 is 1.02 bits per heavy atom. The van der Waals surface area contributed by atoms with Gasteiger partial charge in [-0.15, -0.1) is 11.3 Å². The summed E-state index contributed by atoms with van der Waals surface area (Å²) in [4.78, 5) is 70.5. The van der Waals surface area contributed by atoms with Gasteiger partial charge in [0.25, 0.3) is 5.91 Å². The maximum atomic E-state index is 14.0. The topological polar surface area (TPSA) is 181 Å². The van der Waals surface area contributed by atoms with Crippen molar-refractivity contribution < 1.29 is 33.8 Å². The number of carbonyl (C=O) groups is 5. The predicted molar refractivity (Wildman–Crippen MR) is 192 cm³/mol. The molecule has 0 aliphatic heterocycles. The van der Waals surface area contributed by atoms with Crippen LogP contribution in [0.1, 0.15) is 107 Å². The molecule has 0 spiro atoms. The summed E-state index contributed by atoms with van der Waals surface area (Å²) in [6, 6.07) is 8.05. The van der Waals surface area contributed by atoms with E-state index in [0.29, 0.717) is 24.4 Å². The minimum absolute atomic E-state index is 0.0366. The van der Waals surface area contributed by atoms with Crippen LogP contribution in [0.3, 0.4) is 0 Å². The van der Waals surface area contributed by atoms with Gasteiger partial charge in [-0.05, 0) is 62.5 Å². The number of carbonyl (C=O) groups excluding carboxylic acids is 4. The van der Waals surface area contributed by atoms with Crippen molar-refractivity contribution in [2.24, 2.45) is 29.4 Å². The molecule has 1 saturated carbocycles. The van der Waals surface area contributed by atoms with E-state index in [1.165, 1.54) is 18.3 Å². The quantitative estimate of drug-likeness (QED) is 0.105. The molecule has 1 aliphatic carbocycles. The predicted octanol–water partition coefficient (Wildman–Crippen LogP) is 4.73. The second-order valence-corrected chi connectivity index (χ2v) is 14.9. The number of carboxylic acid groups (broad SMARTS) is 1. The molecular weight excluding hydrogens is 659 g/mol. The summed E-state index contributed by atoms with van der Waals surface area (Å²) < 4.78 is 5.74. The van der Waals surface area contributed by atoms with Crippen molar-refractivity contribution in [3.8, 4) is 0 Å². The molecule has 0 bridgehead atoms. The maximum Gasteiger partial charge on any atom is 0.306 e. The van der Waals surface area contributed by atoms with Gasteiger partial charge in [-0.3, -0.25) is 24.0 Å². The summed E-state index contributed by atoms with van der Waals surface area (Å²) in [5.74, 6) is -3.12. The lowest BCUT2D eigenvalue weighted by Gasteiger charge is -2.36. The molecule has 276 valence electrons. The van der Waals surface area contributed by atoms with Gasteiger partial charge in [-0.1, -0.05) is 64.4 Å². The van der Waals surface area contributed by atoms with E-state index in [9.17, 15) is 29.1 Å². The van der Waals surface area contributed by atoms with Crippen molar-refractivity contribution in [2.75, 3.05) is 13.6 Å². The molecule has 3 amide bonds. The van der Waals surface area contributed by atoms with Gasteiger partial charge in [-0.2, -0.15) is 0 Å². The van der Waals surface area contributed by atoms with E-state index < -0.39 is 42.0 Å². The van der Waals surface area contributed by atoms with Crippen molar-refractivity contribution in [2.45, 2.75) is 110 Å². The number of rotatable bonds is 21. The second-order valence-electron chi connectivity index (χ2n) is 14.0. The Hall–Kier alpha value is -3.84. The average Bonchev–Trinajstić information content (AvgIpc) is 3.79. The monoisotopic (exact) mass is 713 g/mol. The highest BCUT2D eigenvalue weighted by atomic mass is 32.1. The summed E-state index contributed by atoms with van der Waals surface area (Å²) in [6.45, 7) is 9.32. The zero-order chi connectivity index (χ0) is 37.0. The summed E-state index contributed by atoms with van der Waals surface area (Å²) in [5.41, 5.74) is 6.70. The molecular formula is C37H55N5O7S. The Kier molecular flexibility index (Phi) is 15.8. The molecule has 13 heteroatoms. The van der Waals surface area contributed by atoms with Gasteiger partial charge in [0, 0.05) is 43.8 Å². The molecule has 3 rings (SSSR count). The highest BCUT2D eigenvalue weighted by Crippen LogP contribution is 2.35. The van der Waals surface area contributed by atoms with Crippen LogP contribution in [-0.2, 0) is 30.3 Å². The molecule has 1 aromatic carbocycles. The maximum absolute atomic E-state index is 14.0. The fourth-order valence-electron chi connectivity index (χ4n) is 6.13. The molecule has 2 aromatic rings. The molecule has 5 N–H and O–H groups in total. The Labute approximate surface area is 299 Å². The zero-order valence-electron chi connectivity index (χ0n) is 30.2. The highest BCUT2D eigenvalue weighted by Gasteiger charge is 2.41. The Morgan fingerprint density at radius 2 is 1.70 bits per heavy atom. The fourth-order valence-corrected chi connectivity index (χ4v) is 6.97. The number of nitrogens with one attached hydrogen (secondary N) is 2. The third-order valence-electron chi connectivity index (χ3n) is 9.32. The van der Waals surface area contributed by atoms with Crippen LogP contribution in [0.15, 0.2) is 35.7 Å². The molecule has 50 heavy (non-hydrogen) atoms. The van der Waals surface area contributed by atoms with Gasteiger partial charge in [0.1, 0.15) is 16.7 Å².